The van der Waals surface area contributed by atoms with Gasteiger partial charge in [-0.05, 0) is 49.1 Å². The van der Waals surface area contributed by atoms with Crippen LogP contribution in [-0.2, 0) is 17.8 Å². The van der Waals surface area contributed by atoms with E-state index in [0.717, 1.165) is 24.1 Å². The molecule has 0 saturated heterocycles. The van der Waals surface area contributed by atoms with Crippen LogP contribution in [0.25, 0.3) is 5.70 Å². The normalized spacial score (nSPS) is 15.0. The van der Waals surface area contributed by atoms with Crippen molar-refractivity contribution >= 4 is 11.6 Å². The second-order valence-electron chi connectivity index (χ2n) is 8.14. The van der Waals surface area contributed by atoms with E-state index < -0.39 is 6.10 Å². The van der Waals surface area contributed by atoms with Crippen molar-refractivity contribution < 1.29 is 19.8 Å². The highest BCUT2D eigenvalue weighted by atomic mass is 16.6. The average molecular weight is 452 g/mol. The fourth-order valence-corrected chi connectivity index (χ4v) is 3.62. The number of hydrogen-bond acceptors (Lipinski definition) is 9. The number of hydrogen-bond donors (Lipinski definition) is 3. The van der Waals surface area contributed by atoms with Crippen LogP contribution in [0.1, 0.15) is 41.7 Å². The van der Waals surface area contributed by atoms with E-state index in [9.17, 15) is 10.4 Å². The molecule has 0 bridgehead atoms. The van der Waals surface area contributed by atoms with Gasteiger partial charge >= 0.3 is 0 Å². The predicted molar refractivity (Wildman–Crippen MR) is 124 cm³/mol. The zero-order valence-electron chi connectivity index (χ0n) is 18.9. The number of aliphatic hydroxyl groups excluding tert-OH is 2. The van der Waals surface area contributed by atoms with Gasteiger partial charge in [-0.3, -0.25) is 4.90 Å². The zero-order chi connectivity index (χ0) is 24.0. The quantitative estimate of drug-likeness (QED) is 0.314. The number of nitrogens with zero attached hydrogens (tertiary/aromatic N) is 4. The summed E-state index contributed by atoms with van der Waals surface area (Å²) in [5, 5.41) is 28.2. The number of benzene rings is 1. The molecule has 0 fully saturated rings. The number of ether oxygens (including phenoxy) is 1. The van der Waals surface area contributed by atoms with Crippen molar-refractivity contribution in [1.29, 1.82) is 5.26 Å². The molecule has 1 atom stereocenters. The van der Waals surface area contributed by atoms with Crippen LogP contribution in [-0.4, -0.2) is 57.9 Å². The largest absolute Gasteiger partial charge is 0.474 e. The summed E-state index contributed by atoms with van der Waals surface area (Å²) in [5.74, 6) is 5.78. The van der Waals surface area contributed by atoms with Crippen LogP contribution in [0.4, 0.5) is 0 Å². The Balaban J connectivity index is 1.79. The van der Waals surface area contributed by atoms with Gasteiger partial charge in [-0.15, -0.1) is 0 Å². The fourth-order valence-electron chi connectivity index (χ4n) is 3.62. The molecule has 1 aromatic heterocycles. The van der Waals surface area contributed by atoms with Gasteiger partial charge in [0.1, 0.15) is 11.6 Å². The highest BCUT2D eigenvalue weighted by molar-refractivity contribution is 5.97. The molecule has 0 aliphatic carbocycles. The first-order valence-corrected chi connectivity index (χ1v) is 10.7. The van der Waals surface area contributed by atoms with E-state index in [1.807, 2.05) is 32.0 Å². The van der Waals surface area contributed by atoms with Gasteiger partial charge < -0.3 is 19.8 Å². The summed E-state index contributed by atoms with van der Waals surface area (Å²) in [6, 6.07) is 9.59. The number of rotatable bonds is 8. The van der Waals surface area contributed by atoms with Crippen LogP contribution in [0.15, 0.2) is 42.0 Å². The second kappa shape index (κ2) is 11.0. The number of aromatic nitrogens is 1. The Kier molecular flexibility index (Phi) is 8.14. The molecule has 0 amide bonds. The zero-order valence-corrected chi connectivity index (χ0v) is 18.9. The Morgan fingerprint density at radius 3 is 2.79 bits per heavy atom. The molecule has 1 aliphatic heterocycles. The van der Waals surface area contributed by atoms with E-state index in [1.54, 1.807) is 6.07 Å². The Morgan fingerprint density at radius 1 is 1.33 bits per heavy atom. The van der Waals surface area contributed by atoms with Crippen LogP contribution in [0.2, 0.25) is 0 Å². The first-order valence-electron chi connectivity index (χ1n) is 10.7. The molecule has 3 rings (SSSR count). The average Bonchev–Trinajstić information content (AvgIpc) is 2.81. The fraction of sp³-hybridized carbons (Fsp3) is 0.375. The van der Waals surface area contributed by atoms with Crippen molar-refractivity contribution in [3.63, 3.8) is 0 Å². The van der Waals surface area contributed by atoms with Crippen LogP contribution >= 0.6 is 0 Å². The highest BCUT2D eigenvalue weighted by Gasteiger charge is 2.19. The topological polar surface area (TPSA) is 137 Å². The van der Waals surface area contributed by atoms with Crippen molar-refractivity contribution in [2.45, 2.75) is 39.0 Å². The Morgan fingerprint density at radius 2 is 2.12 bits per heavy atom. The van der Waals surface area contributed by atoms with Crippen LogP contribution in [0, 0.1) is 11.3 Å². The Hall–Kier alpha value is -3.29. The minimum Gasteiger partial charge on any atom is -0.474 e. The van der Waals surface area contributed by atoms with Gasteiger partial charge in [0.05, 0.1) is 30.1 Å². The smallest absolute Gasteiger partial charge is 0.246 e. The monoisotopic (exact) mass is 451 g/mol. The van der Waals surface area contributed by atoms with Crippen molar-refractivity contribution in [3.05, 3.63) is 64.9 Å². The molecule has 0 radical (unpaired) electrons. The van der Waals surface area contributed by atoms with E-state index in [-0.39, 0.29) is 30.1 Å². The number of nitriles is 1. The highest BCUT2D eigenvalue weighted by Crippen LogP contribution is 2.25. The maximum absolute atomic E-state index is 9.69. The van der Waals surface area contributed by atoms with E-state index in [4.69, 9.17) is 20.6 Å². The maximum Gasteiger partial charge on any atom is 0.246 e. The van der Waals surface area contributed by atoms with Gasteiger partial charge in [0.25, 0.3) is 0 Å². The maximum atomic E-state index is 9.69. The van der Waals surface area contributed by atoms with Gasteiger partial charge in [-0.1, -0.05) is 18.7 Å². The first-order chi connectivity index (χ1) is 15.8. The predicted octanol–water partition coefficient (Wildman–Crippen LogP) is 1.76. The molecule has 0 saturated carbocycles. The summed E-state index contributed by atoms with van der Waals surface area (Å²) in [6.45, 7) is 9.43. The molecule has 2 aromatic rings. The molecule has 174 valence electrons. The Bertz CT molecular complexity index is 1080. The van der Waals surface area contributed by atoms with Gasteiger partial charge in [0.2, 0.25) is 11.8 Å². The molecule has 1 aromatic carbocycles. The van der Waals surface area contributed by atoms with Crippen molar-refractivity contribution in [3.8, 4) is 11.9 Å². The Labute approximate surface area is 193 Å². The molecule has 9 nitrogen and oxygen atoms in total. The first kappa shape index (κ1) is 24.4. The second-order valence-corrected chi connectivity index (χ2v) is 8.14. The van der Waals surface area contributed by atoms with Gasteiger partial charge in [0.15, 0.2) is 0 Å². The summed E-state index contributed by atoms with van der Waals surface area (Å²) in [7, 11) is 0. The minimum absolute atomic E-state index is 0.0852. The van der Waals surface area contributed by atoms with Gasteiger partial charge in [-0.25, -0.2) is 9.98 Å². The van der Waals surface area contributed by atoms with Crippen molar-refractivity contribution in [2.24, 2.45) is 10.9 Å². The molecule has 4 N–H and O–H groups in total. The number of pyridine rings is 1. The van der Waals surface area contributed by atoms with E-state index in [1.165, 1.54) is 11.8 Å². The van der Waals surface area contributed by atoms with E-state index >= 15 is 0 Å². The standard InChI is InChI=1S/C24H29N5O4/c1-15(2)32-23-20(10-25)9-21(11-27-23)24(33-26)28-16(3)17-4-5-19-12-29(13-22(31)14-30)7-6-18(19)8-17/h4-5,8-9,11,15,22,30-31H,3,6-7,12-14,26H2,1-2H3/t22-/m1/s1. The van der Waals surface area contributed by atoms with Gasteiger partial charge in [-0.2, -0.15) is 11.2 Å². The lowest BCUT2D eigenvalue weighted by Crippen LogP contribution is -2.37. The molecule has 0 unspecified atom stereocenters. The summed E-state index contributed by atoms with van der Waals surface area (Å²) in [6.07, 6.45) is 1.44. The third-order valence-corrected chi connectivity index (χ3v) is 5.22. The SMILES string of the molecule is C=C(N=C(ON)c1cnc(OC(C)C)c(C#N)c1)c1ccc2c(c1)CCN(C[C@@H](O)CO)C2. The van der Waals surface area contributed by atoms with Crippen LogP contribution < -0.4 is 10.6 Å². The third-order valence-electron chi connectivity index (χ3n) is 5.22. The lowest BCUT2D eigenvalue weighted by atomic mass is 9.96. The van der Waals surface area contributed by atoms with Crippen molar-refractivity contribution in [2.75, 3.05) is 19.7 Å². The molecular formula is C24H29N5O4. The third kappa shape index (κ3) is 6.15. The molecule has 9 heteroatoms. The number of aliphatic imine (C=N–C) groups is 1. The number of aliphatic hydroxyl groups is 2. The van der Waals surface area contributed by atoms with E-state index in [2.05, 4.69) is 27.5 Å². The van der Waals surface area contributed by atoms with Gasteiger partial charge in [0, 0.05) is 25.8 Å². The number of fused-ring (bicyclic) bond motifs is 1. The minimum atomic E-state index is -0.739. The summed E-state index contributed by atoms with van der Waals surface area (Å²) in [4.78, 5) is 15.7. The van der Waals surface area contributed by atoms with Crippen LogP contribution in [0.5, 0.6) is 5.88 Å². The number of β-amino-alcohol motifs (C(OH)–C–C–N with tert-alkyl or cyclic N) is 1. The lowest BCUT2D eigenvalue weighted by Gasteiger charge is -2.30. The summed E-state index contributed by atoms with van der Waals surface area (Å²) < 4.78 is 5.55. The van der Waals surface area contributed by atoms with Crippen molar-refractivity contribution in [1.82, 2.24) is 9.88 Å². The number of nitrogens with two attached hydrogens (primary N) is 1. The molecule has 0 spiro atoms. The molecule has 33 heavy (non-hydrogen) atoms. The lowest BCUT2D eigenvalue weighted by molar-refractivity contribution is 0.0551. The molecule has 2 heterocycles. The van der Waals surface area contributed by atoms with Crippen LogP contribution in [0.3, 0.4) is 0 Å². The summed E-state index contributed by atoms with van der Waals surface area (Å²) >= 11 is 0. The summed E-state index contributed by atoms with van der Waals surface area (Å²) in [5.41, 5.74) is 4.30. The van der Waals surface area contributed by atoms with E-state index in [0.29, 0.717) is 24.4 Å². The molecular weight excluding hydrogens is 422 g/mol. The molecule has 1 aliphatic rings.